The number of fused-ring (bicyclic) bond motifs is 1. The second-order valence-electron chi connectivity index (χ2n) is 2.96. The van der Waals surface area contributed by atoms with E-state index in [9.17, 15) is 4.79 Å². The zero-order valence-corrected chi connectivity index (χ0v) is 9.40. The number of aromatic nitrogens is 4. The van der Waals surface area contributed by atoms with Crippen LogP contribution in [0.15, 0.2) is 11.1 Å². The van der Waals surface area contributed by atoms with E-state index in [2.05, 4.69) is 9.97 Å². The van der Waals surface area contributed by atoms with E-state index in [1.807, 2.05) is 20.9 Å². The van der Waals surface area contributed by atoms with Gasteiger partial charge in [0.15, 0.2) is 6.33 Å². The first-order chi connectivity index (χ1) is 7.09. The molecule has 0 saturated heterocycles. The highest BCUT2D eigenvalue weighted by Gasteiger charge is 2.16. The Kier molecular flexibility index (Phi) is 3.08. The van der Waals surface area contributed by atoms with Gasteiger partial charge in [0.05, 0.1) is 14.1 Å². The molecule has 6 nitrogen and oxygen atoms in total. The zero-order chi connectivity index (χ0) is 11.6. The van der Waals surface area contributed by atoms with Crippen molar-refractivity contribution in [1.29, 1.82) is 0 Å². The van der Waals surface area contributed by atoms with E-state index in [-0.39, 0.29) is 11.5 Å². The first-order valence-electron chi connectivity index (χ1n) is 4.80. The Hall–Kier alpha value is -1.85. The molecule has 2 aromatic heterocycles. The lowest BCUT2D eigenvalue weighted by molar-refractivity contribution is -0.647. The Labute approximate surface area is 87.4 Å². The summed E-state index contributed by atoms with van der Waals surface area (Å²) in [7, 11) is 3.60. The van der Waals surface area contributed by atoms with Crippen molar-refractivity contribution in [3.8, 4) is 0 Å². The van der Waals surface area contributed by atoms with E-state index in [0.29, 0.717) is 11.2 Å². The van der Waals surface area contributed by atoms with Crippen LogP contribution >= 0.6 is 0 Å². The lowest BCUT2D eigenvalue weighted by Crippen LogP contribution is -2.27. The maximum absolute atomic E-state index is 11.4. The Balaban J connectivity index is 0.000000531. The molecule has 0 fully saturated rings. The summed E-state index contributed by atoms with van der Waals surface area (Å²) in [5, 5.41) is 0. The molecule has 2 heterocycles. The number of nitrogen functional groups attached to an aromatic ring is 1. The number of imidazole rings is 1. The molecular weight excluding hydrogens is 194 g/mol. The minimum atomic E-state index is -0.217. The summed E-state index contributed by atoms with van der Waals surface area (Å²) in [6.45, 7) is 4.00. The monoisotopic (exact) mass is 210 g/mol. The molecule has 82 valence electrons. The fourth-order valence-corrected chi connectivity index (χ4v) is 1.41. The van der Waals surface area contributed by atoms with Crippen LogP contribution in [0.5, 0.6) is 0 Å². The van der Waals surface area contributed by atoms with Gasteiger partial charge in [0.2, 0.25) is 5.52 Å². The number of hydrogen-bond acceptors (Lipinski definition) is 3. The molecule has 0 spiro atoms. The minimum absolute atomic E-state index is 0.138. The molecule has 3 N–H and O–H groups in total. The van der Waals surface area contributed by atoms with E-state index >= 15 is 0 Å². The van der Waals surface area contributed by atoms with Gasteiger partial charge in [-0.3, -0.25) is 14.3 Å². The SMILES string of the molecule is CC.Cn1c[n+](C)c2nc(N)[nH]c(=O)c21. The van der Waals surface area contributed by atoms with E-state index in [1.165, 1.54) is 0 Å². The molecule has 15 heavy (non-hydrogen) atoms. The largest absolute Gasteiger partial charge is 0.355 e. The average molecular weight is 210 g/mol. The van der Waals surface area contributed by atoms with Crippen LogP contribution in [0.4, 0.5) is 5.95 Å². The van der Waals surface area contributed by atoms with E-state index in [1.54, 1.807) is 22.5 Å². The number of hydrogen-bond donors (Lipinski definition) is 2. The highest BCUT2D eigenvalue weighted by atomic mass is 16.1. The topological polar surface area (TPSA) is 80.6 Å². The third-order valence-electron chi connectivity index (χ3n) is 1.93. The molecule has 0 bridgehead atoms. The third-order valence-corrected chi connectivity index (χ3v) is 1.93. The van der Waals surface area contributed by atoms with Crippen molar-refractivity contribution in [2.24, 2.45) is 14.1 Å². The molecule has 0 aliphatic rings. The van der Waals surface area contributed by atoms with Crippen molar-refractivity contribution >= 4 is 17.1 Å². The molecule has 6 heteroatoms. The Bertz CT molecular complexity index is 525. The predicted octanol–water partition coefficient (Wildman–Crippen LogP) is -0.305. The van der Waals surface area contributed by atoms with Crippen LogP contribution in [-0.4, -0.2) is 14.5 Å². The van der Waals surface area contributed by atoms with Gasteiger partial charge < -0.3 is 5.73 Å². The Morgan fingerprint density at radius 1 is 1.53 bits per heavy atom. The van der Waals surface area contributed by atoms with Gasteiger partial charge in [-0.2, -0.15) is 0 Å². The summed E-state index contributed by atoms with van der Waals surface area (Å²) in [5.74, 6) is 0.138. The van der Waals surface area contributed by atoms with E-state index in [0.717, 1.165) is 0 Å². The molecule has 2 aromatic rings. The van der Waals surface area contributed by atoms with Crippen LogP contribution in [0.25, 0.3) is 11.2 Å². The number of anilines is 1. The van der Waals surface area contributed by atoms with Crippen molar-refractivity contribution in [1.82, 2.24) is 14.5 Å². The van der Waals surface area contributed by atoms with E-state index in [4.69, 9.17) is 5.73 Å². The average Bonchev–Trinajstić information content (AvgIpc) is 2.45. The summed E-state index contributed by atoms with van der Waals surface area (Å²) in [6.07, 6.45) is 1.77. The summed E-state index contributed by atoms with van der Waals surface area (Å²) in [6, 6.07) is 0. The van der Waals surface area contributed by atoms with Gasteiger partial charge in [-0.15, -0.1) is 0 Å². The van der Waals surface area contributed by atoms with Gasteiger partial charge in [0.1, 0.15) is 0 Å². The van der Waals surface area contributed by atoms with Crippen molar-refractivity contribution < 1.29 is 4.57 Å². The molecule has 0 aliphatic heterocycles. The first-order valence-corrected chi connectivity index (χ1v) is 4.80. The summed E-state index contributed by atoms with van der Waals surface area (Å²) in [4.78, 5) is 17.9. The summed E-state index contributed by atoms with van der Waals surface area (Å²) in [5.41, 5.74) is 6.31. The van der Waals surface area contributed by atoms with Gasteiger partial charge in [-0.1, -0.05) is 18.8 Å². The maximum atomic E-state index is 11.4. The number of nitrogens with zero attached hydrogens (tertiary/aromatic N) is 3. The quantitative estimate of drug-likeness (QED) is 0.585. The molecule has 0 aromatic carbocycles. The van der Waals surface area contributed by atoms with Crippen LogP contribution < -0.4 is 15.9 Å². The fourth-order valence-electron chi connectivity index (χ4n) is 1.41. The number of rotatable bonds is 0. The third kappa shape index (κ3) is 1.83. The molecule has 2 rings (SSSR count). The smallest absolute Gasteiger partial charge is 0.311 e. The highest BCUT2D eigenvalue weighted by molar-refractivity contribution is 5.66. The van der Waals surface area contributed by atoms with Crippen molar-refractivity contribution in [2.75, 3.05) is 5.73 Å². The van der Waals surface area contributed by atoms with Crippen molar-refractivity contribution in [3.05, 3.63) is 16.7 Å². The zero-order valence-electron chi connectivity index (χ0n) is 9.40. The molecule has 0 amide bonds. The Morgan fingerprint density at radius 2 is 2.13 bits per heavy atom. The van der Waals surface area contributed by atoms with Crippen LogP contribution in [0, 0.1) is 0 Å². The fraction of sp³-hybridized carbons (Fsp3) is 0.444. The Morgan fingerprint density at radius 3 is 2.73 bits per heavy atom. The molecular formula is C9H16N5O+. The second kappa shape index (κ2) is 4.12. The molecule has 0 unspecified atom stereocenters. The molecule has 0 atom stereocenters. The van der Waals surface area contributed by atoms with Crippen molar-refractivity contribution in [3.63, 3.8) is 0 Å². The molecule has 0 radical (unpaired) electrons. The van der Waals surface area contributed by atoms with Gasteiger partial charge >= 0.3 is 5.65 Å². The normalized spacial score (nSPS) is 9.87. The predicted molar refractivity (Wildman–Crippen MR) is 58.3 cm³/mol. The number of nitrogens with two attached hydrogens (primary N) is 1. The van der Waals surface area contributed by atoms with Gasteiger partial charge in [-0.05, 0) is 0 Å². The molecule has 0 aliphatic carbocycles. The van der Waals surface area contributed by atoms with Crippen molar-refractivity contribution in [2.45, 2.75) is 13.8 Å². The van der Waals surface area contributed by atoms with E-state index < -0.39 is 0 Å². The van der Waals surface area contributed by atoms with Crippen LogP contribution in [-0.2, 0) is 14.1 Å². The first kappa shape index (κ1) is 11.2. The number of nitrogens with one attached hydrogen (secondary N) is 1. The maximum Gasteiger partial charge on any atom is 0.311 e. The van der Waals surface area contributed by atoms with Crippen LogP contribution in [0.2, 0.25) is 0 Å². The number of aromatic amines is 1. The number of aryl methyl sites for hydroxylation is 2. The second-order valence-corrected chi connectivity index (χ2v) is 2.96. The summed E-state index contributed by atoms with van der Waals surface area (Å²) >= 11 is 0. The van der Waals surface area contributed by atoms with Gasteiger partial charge in [-0.25, -0.2) is 4.57 Å². The summed E-state index contributed by atoms with van der Waals surface area (Å²) < 4.78 is 3.46. The lowest BCUT2D eigenvalue weighted by atomic mass is 10.5. The minimum Gasteiger partial charge on any atom is -0.355 e. The van der Waals surface area contributed by atoms with Gasteiger partial charge in [0.25, 0.3) is 11.5 Å². The van der Waals surface area contributed by atoms with Gasteiger partial charge in [0, 0.05) is 0 Å². The number of H-pyrrole nitrogens is 1. The van der Waals surface area contributed by atoms with Crippen LogP contribution in [0.3, 0.4) is 0 Å². The standard InChI is InChI=1S/C7H9N5O.C2H6/c1-11-3-12(2)5-4(11)6(13)10-7(8)9-5;1-2/h3H,1-2H3,(H2-,8,9,10,13);1-2H3/p+1. The van der Waals surface area contributed by atoms with Crippen LogP contribution in [0.1, 0.15) is 13.8 Å². The lowest BCUT2D eigenvalue weighted by Gasteiger charge is -1.87. The molecule has 0 saturated carbocycles. The highest BCUT2D eigenvalue weighted by Crippen LogP contribution is 2.00.